The molecule has 0 aromatic carbocycles. The fourth-order valence-corrected chi connectivity index (χ4v) is 3.56. The van der Waals surface area contributed by atoms with Crippen molar-refractivity contribution < 1.29 is 4.79 Å². The van der Waals surface area contributed by atoms with Gasteiger partial charge in [-0.3, -0.25) is 4.79 Å². The van der Waals surface area contributed by atoms with Crippen LogP contribution in [0.1, 0.15) is 57.8 Å². The van der Waals surface area contributed by atoms with E-state index in [4.69, 9.17) is 5.73 Å². The van der Waals surface area contributed by atoms with Crippen molar-refractivity contribution in [3.05, 3.63) is 0 Å². The van der Waals surface area contributed by atoms with E-state index in [0.717, 1.165) is 25.3 Å². The zero-order valence-corrected chi connectivity index (χ0v) is 13.0. The van der Waals surface area contributed by atoms with Crippen LogP contribution in [-0.4, -0.2) is 30.4 Å². The van der Waals surface area contributed by atoms with Crippen molar-refractivity contribution in [2.75, 3.05) is 13.6 Å². The molecule has 0 aliphatic heterocycles. The number of hydrogen-bond acceptors (Lipinski definition) is 2. The SMILES string of the molecule is CN(CC1CCCCC1)C(=O)C[C@@H]1CCC[C@H]1N.Cl. The van der Waals surface area contributed by atoms with Gasteiger partial charge in [-0.15, -0.1) is 12.4 Å². The average molecular weight is 289 g/mol. The Bertz CT molecular complexity index is 279. The van der Waals surface area contributed by atoms with Gasteiger partial charge in [-0.2, -0.15) is 0 Å². The summed E-state index contributed by atoms with van der Waals surface area (Å²) in [6.45, 7) is 0.959. The van der Waals surface area contributed by atoms with Crippen LogP contribution in [0.15, 0.2) is 0 Å². The normalized spacial score (nSPS) is 27.9. The summed E-state index contributed by atoms with van der Waals surface area (Å²) in [6.07, 6.45) is 10.8. The van der Waals surface area contributed by atoms with E-state index in [0.29, 0.717) is 18.2 Å². The molecule has 112 valence electrons. The summed E-state index contributed by atoms with van der Waals surface area (Å²) in [6, 6.07) is 0.261. The zero-order chi connectivity index (χ0) is 13.0. The van der Waals surface area contributed by atoms with E-state index in [1.165, 1.54) is 38.5 Å². The number of hydrogen-bond donors (Lipinski definition) is 1. The fraction of sp³-hybridized carbons (Fsp3) is 0.933. The predicted molar refractivity (Wildman–Crippen MR) is 81.4 cm³/mol. The van der Waals surface area contributed by atoms with Crippen LogP contribution >= 0.6 is 12.4 Å². The maximum absolute atomic E-state index is 12.2. The molecule has 2 saturated carbocycles. The van der Waals surface area contributed by atoms with Crippen LogP contribution in [0.4, 0.5) is 0 Å². The molecule has 19 heavy (non-hydrogen) atoms. The van der Waals surface area contributed by atoms with Crippen molar-refractivity contribution in [1.82, 2.24) is 4.90 Å². The van der Waals surface area contributed by atoms with E-state index in [2.05, 4.69) is 0 Å². The van der Waals surface area contributed by atoms with Crippen molar-refractivity contribution in [2.45, 2.75) is 63.8 Å². The van der Waals surface area contributed by atoms with Gasteiger partial charge in [-0.1, -0.05) is 25.7 Å². The lowest BCUT2D eigenvalue weighted by Crippen LogP contribution is -2.36. The van der Waals surface area contributed by atoms with Crippen LogP contribution in [0.25, 0.3) is 0 Å². The van der Waals surface area contributed by atoms with Crippen LogP contribution in [0, 0.1) is 11.8 Å². The molecule has 1 amide bonds. The molecule has 0 bridgehead atoms. The zero-order valence-electron chi connectivity index (χ0n) is 12.1. The van der Waals surface area contributed by atoms with Crippen LogP contribution in [0.5, 0.6) is 0 Å². The minimum absolute atomic E-state index is 0. The molecule has 3 nitrogen and oxygen atoms in total. The van der Waals surface area contributed by atoms with E-state index in [1.807, 2.05) is 11.9 Å². The molecule has 2 aliphatic rings. The molecule has 2 atom stereocenters. The Hall–Kier alpha value is -0.280. The predicted octanol–water partition coefficient (Wildman–Crippen LogP) is 2.96. The second kappa shape index (κ2) is 8.11. The fourth-order valence-electron chi connectivity index (χ4n) is 3.56. The average Bonchev–Trinajstić information content (AvgIpc) is 2.76. The molecule has 0 saturated heterocycles. The molecule has 0 aromatic rings. The monoisotopic (exact) mass is 288 g/mol. The van der Waals surface area contributed by atoms with Gasteiger partial charge >= 0.3 is 0 Å². The third-order valence-corrected chi connectivity index (χ3v) is 4.84. The Morgan fingerprint density at radius 1 is 1.11 bits per heavy atom. The maximum atomic E-state index is 12.2. The van der Waals surface area contributed by atoms with Gasteiger partial charge in [-0.25, -0.2) is 0 Å². The first-order valence-corrected chi connectivity index (χ1v) is 7.66. The lowest BCUT2D eigenvalue weighted by atomic mass is 9.89. The van der Waals surface area contributed by atoms with Crippen molar-refractivity contribution in [2.24, 2.45) is 17.6 Å². The van der Waals surface area contributed by atoms with Crippen LogP contribution in [0.3, 0.4) is 0 Å². The molecular weight excluding hydrogens is 260 g/mol. The molecule has 0 radical (unpaired) electrons. The van der Waals surface area contributed by atoms with Gasteiger partial charge in [0.15, 0.2) is 0 Å². The van der Waals surface area contributed by atoms with E-state index in [9.17, 15) is 4.79 Å². The van der Waals surface area contributed by atoms with E-state index >= 15 is 0 Å². The number of amides is 1. The van der Waals surface area contributed by atoms with Crippen LogP contribution < -0.4 is 5.73 Å². The van der Waals surface area contributed by atoms with Gasteiger partial charge in [0.25, 0.3) is 0 Å². The number of carbonyl (C=O) groups is 1. The third-order valence-electron chi connectivity index (χ3n) is 4.84. The van der Waals surface area contributed by atoms with Crippen molar-refractivity contribution >= 4 is 18.3 Å². The van der Waals surface area contributed by atoms with Crippen LogP contribution in [-0.2, 0) is 4.79 Å². The molecule has 0 spiro atoms. The standard InChI is InChI=1S/C15H28N2O.ClH/c1-17(11-12-6-3-2-4-7-12)15(18)10-13-8-5-9-14(13)16;/h12-14H,2-11,16H2,1H3;1H/t13-,14+;/m0./s1. The molecule has 2 N–H and O–H groups in total. The molecule has 2 rings (SSSR count). The first-order valence-electron chi connectivity index (χ1n) is 7.66. The highest BCUT2D eigenvalue weighted by Crippen LogP contribution is 2.28. The molecule has 0 unspecified atom stereocenters. The van der Waals surface area contributed by atoms with Gasteiger partial charge < -0.3 is 10.6 Å². The molecule has 0 aromatic heterocycles. The molecular formula is C15H29ClN2O. The topological polar surface area (TPSA) is 46.3 Å². The summed E-state index contributed by atoms with van der Waals surface area (Å²) in [7, 11) is 1.97. The lowest BCUT2D eigenvalue weighted by molar-refractivity contribution is -0.131. The van der Waals surface area contributed by atoms with Crippen molar-refractivity contribution in [1.29, 1.82) is 0 Å². The van der Waals surface area contributed by atoms with E-state index < -0.39 is 0 Å². The maximum Gasteiger partial charge on any atom is 0.222 e. The second-order valence-corrected chi connectivity index (χ2v) is 6.34. The molecule has 0 heterocycles. The lowest BCUT2D eigenvalue weighted by Gasteiger charge is -2.28. The first kappa shape index (κ1) is 16.8. The molecule has 2 aliphatic carbocycles. The summed E-state index contributed by atoms with van der Waals surface area (Å²) in [4.78, 5) is 14.1. The smallest absolute Gasteiger partial charge is 0.222 e. The number of nitrogens with zero attached hydrogens (tertiary/aromatic N) is 1. The van der Waals surface area contributed by atoms with Gasteiger partial charge in [0.1, 0.15) is 0 Å². The summed E-state index contributed by atoms with van der Waals surface area (Å²) in [5, 5.41) is 0. The van der Waals surface area contributed by atoms with E-state index in [-0.39, 0.29) is 18.4 Å². The van der Waals surface area contributed by atoms with Crippen molar-refractivity contribution in [3.8, 4) is 0 Å². The number of rotatable bonds is 4. The minimum atomic E-state index is 0. The number of nitrogens with two attached hydrogens (primary N) is 1. The molecule has 2 fully saturated rings. The molecule has 4 heteroatoms. The summed E-state index contributed by atoms with van der Waals surface area (Å²) < 4.78 is 0. The quantitative estimate of drug-likeness (QED) is 0.864. The number of carbonyl (C=O) groups excluding carboxylic acids is 1. The van der Waals surface area contributed by atoms with Crippen LogP contribution in [0.2, 0.25) is 0 Å². The van der Waals surface area contributed by atoms with E-state index in [1.54, 1.807) is 0 Å². The van der Waals surface area contributed by atoms with Crippen molar-refractivity contribution in [3.63, 3.8) is 0 Å². The highest BCUT2D eigenvalue weighted by molar-refractivity contribution is 5.85. The highest BCUT2D eigenvalue weighted by atomic mass is 35.5. The Labute approximate surface area is 123 Å². The van der Waals surface area contributed by atoms with Gasteiger partial charge in [0, 0.05) is 26.1 Å². The van der Waals surface area contributed by atoms with Gasteiger partial charge in [0.05, 0.1) is 0 Å². The first-order chi connectivity index (χ1) is 8.66. The number of halogens is 1. The Kier molecular flexibility index (Phi) is 7.16. The summed E-state index contributed by atoms with van der Waals surface area (Å²) in [5.74, 6) is 1.49. The minimum Gasteiger partial charge on any atom is -0.345 e. The summed E-state index contributed by atoms with van der Waals surface area (Å²) >= 11 is 0. The van der Waals surface area contributed by atoms with Gasteiger partial charge in [-0.05, 0) is 37.5 Å². The van der Waals surface area contributed by atoms with Gasteiger partial charge in [0.2, 0.25) is 5.91 Å². The Morgan fingerprint density at radius 2 is 1.79 bits per heavy atom. The Balaban J connectivity index is 0.00000180. The third kappa shape index (κ3) is 4.96. The summed E-state index contributed by atoms with van der Waals surface area (Å²) in [5.41, 5.74) is 6.04. The Morgan fingerprint density at radius 3 is 2.37 bits per heavy atom. The second-order valence-electron chi connectivity index (χ2n) is 6.34. The highest BCUT2D eigenvalue weighted by Gasteiger charge is 2.27. The largest absolute Gasteiger partial charge is 0.345 e.